The third-order valence-electron chi connectivity index (χ3n) is 5.80. The molecule has 0 radical (unpaired) electrons. The van der Waals surface area contributed by atoms with E-state index in [1.165, 1.54) is 24.6 Å². The van der Waals surface area contributed by atoms with Crippen molar-refractivity contribution in [2.24, 2.45) is 5.10 Å². The number of benzene rings is 3. The summed E-state index contributed by atoms with van der Waals surface area (Å²) in [6, 6.07) is 22.8. The number of unbranched alkanes of at least 4 members (excludes halogenated alkanes) is 3. The molecule has 5 rings (SSSR count). The fourth-order valence-corrected chi connectivity index (χ4v) is 4.20. The highest BCUT2D eigenvalue weighted by Gasteiger charge is 2.14. The standard InChI is InChI=1S/C26H26N6/c1-2-3-4-9-17-32-23-16-8-7-15-22(23)24-25(32)28-26(31-29-24)30-27-18-20-13-10-12-19-11-5-6-14-21(19)20/h5-8,10-16,18H,2-4,9,17H2,1H3,(H,28,30,31)/b27-18+. The van der Waals surface area contributed by atoms with Crippen LogP contribution in [0.1, 0.15) is 38.2 Å². The maximum Gasteiger partial charge on any atom is 0.265 e. The molecule has 0 fully saturated rings. The lowest BCUT2D eigenvalue weighted by molar-refractivity contribution is 0.600. The molecular formula is C26H26N6. The summed E-state index contributed by atoms with van der Waals surface area (Å²) in [5.41, 5.74) is 6.84. The number of anilines is 1. The average molecular weight is 423 g/mol. The maximum atomic E-state index is 4.77. The molecule has 0 aliphatic rings. The number of nitrogens with zero attached hydrogens (tertiary/aromatic N) is 5. The molecule has 0 atom stereocenters. The molecule has 160 valence electrons. The van der Waals surface area contributed by atoms with Crippen LogP contribution in [-0.4, -0.2) is 26.0 Å². The van der Waals surface area contributed by atoms with Crippen molar-refractivity contribution in [3.05, 3.63) is 72.3 Å². The Bertz CT molecular complexity index is 1400. The Morgan fingerprint density at radius 2 is 1.69 bits per heavy atom. The zero-order valence-corrected chi connectivity index (χ0v) is 18.2. The Labute approximate surface area is 187 Å². The number of aryl methyl sites for hydroxylation is 1. The van der Waals surface area contributed by atoms with Gasteiger partial charge in [0.2, 0.25) is 0 Å². The summed E-state index contributed by atoms with van der Waals surface area (Å²) in [7, 11) is 0. The molecule has 0 amide bonds. The van der Waals surface area contributed by atoms with Crippen molar-refractivity contribution in [1.29, 1.82) is 0 Å². The largest absolute Gasteiger partial charge is 0.324 e. The van der Waals surface area contributed by atoms with Crippen LogP contribution in [0.2, 0.25) is 0 Å². The summed E-state index contributed by atoms with van der Waals surface area (Å²) >= 11 is 0. The van der Waals surface area contributed by atoms with Gasteiger partial charge in [-0.05, 0) is 23.3 Å². The molecule has 1 N–H and O–H groups in total. The van der Waals surface area contributed by atoms with E-state index in [0.717, 1.165) is 46.0 Å². The van der Waals surface area contributed by atoms with Crippen molar-refractivity contribution in [2.75, 3.05) is 5.43 Å². The van der Waals surface area contributed by atoms with E-state index in [1.54, 1.807) is 6.21 Å². The van der Waals surface area contributed by atoms with Gasteiger partial charge in [-0.1, -0.05) is 86.8 Å². The molecule has 32 heavy (non-hydrogen) atoms. The van der Waals surface area contributed by atoms with Crippen molar-refractivity contribution in [3.8, 4) is 0 Å². The Balaban J connectivity index is 1.44. The van der Waals surface area contributed by atoms with Gasteiger partial charge in [0.1, 0.15) is 5.52 Å². The minimum absolute atomic E-state index is 0.395. The third-order valence-corrected chi connectivity index (χ3v) is 5.80. The number of hydrogen-bond acceptors (Lipinski definition) is 5. The van der Waals surface area contributed by atoms with Gasteiger partial charge in [0, 0.05) is 17.5 Å². The predicted octanol–water partition coefficient (Wildman–Crippen LogP) is 6.16. The molecule has 3 aromatic carbocycles. The predicted molar refractivity (Wildman–Crippen MR) is 132 cm³/mol. The fraction of sp³-hybridized carbons (Fsp3) is 0.231. The van der Waals surface area contributed by atoms with Crippen molar-refractivity contribution in [2.45, 2.75) is 39.2 Å². The number of rotatable bonds is 8. The lowest BCUT2D eigenvalue weighted by Gasteiger charge is -2.06. The van der Waals surface area contributed by atoms with Crippen LogP contribution in [0.25, 0.3) is 32.8 Å². The summed E-state index contributed by atoms with van der Waals surface area (Å²) in [6.45, 7) is 3.15. The Kier molecular flexibility index (Phi) is 5.75. The van der Waals surface area contributed by atoms with Gasteiger partial charge in [-0.3, -0.25) is 0 Å². The molecule has 0 aliphatic carbocycles. The topological polar surface area (TPSA) is 68.0 Å². The van der Waals surface area contributed by atoms with E-state index in [1.807, 2.05) is 30.3 Å². The fourth-order valence-electron chi connectivity index (χ4n) is 4.20. The molecule has 0 aliphatic heterocycles. The first-order valence-electron chi connectivity index (χ1n) is 11.2. The van der Waals surface area contributed by atoms with Crippen LogP contribution in [0.3, 0.4) is 0 Å². The van der Waals surface area contributed by atoms with E-state index in [9.17, 15) is 0 Å². The first-order chi connectivity index (χ1) is 15.8. The number of aromatic nitrogens is 4. The van der Waals surface area contributed by atoms with E-state index in [-0.39, 0.29) is 0 Å². The van der Waals surface area contributed by atoms with Gasteiger partial charge < -0.3 is 4.57 Å². The lowest BCUT2D eigenvalue weighted by Crippen LogP contribution is -2.03. The van der Waals surface area contributed by atoms with Crippen molar-refractivity contribution in [1.82, 2.24) is 19.7 Å². The van der Waals surface area contributed by atoms with Crippen LogP contribution in [0.15, 0.2) is 71.8 Å². The van der Waals surface area contributed by atoms with Crippen LogP contribution in [0, 0.1) is 0 Å². The molecule has 0 saturated heterocycles. The van der Waals surface area contributed by atoms with Gasteiger partial charge in [-0.2, -0.15) is 10.1 Å². The molecule has 0 unspecified atom stereocenters. The second kappa shape index (κ2) is 9.14. The Hall–Kier alpha value is -3.80. The van der Waals surface area contributed by atoms with Gasteiger partial charge in [0.05, 0.1) is 11.7 Å². The first-order valence-corrected chi connectivity index (χ1v) is 11.2. The van der Waals surface area contributed by atoms with Crippen LogP contribution < -0.4 is 5.43 Å². The van der Waals surface area contributed by atoms with E-state index in [2.05, 4.69) is 68.6 Å². The molecule has 2 aromatic heterocycles. The molecule has 0 saturated carbocycles. The highest BCUT2D eigenvalue weighted by Crippen LogP contribution is 2.27. The van der Waals surface area contributed by atoms with Crippen LogP contribution in [0.5, 0.6) is 0 Å². The van der Waals surface area contributed by atoms with E-state index in [0.29, 0.717) is 5.95 Å². The minimum atomic E-state index is 0.395. The summed E-state index contributed by atoms with van der Waals surface area (Å²) in [5.74, 6) is 0.395. The summed E-state index contributed by atoms with van der Waals surface area (Å²) in [4.78, 5) is 4.77. The molecule has 2 heterocycles. The first kappa shape index (κ1) is 20.1. The van der Waals surface area contributed by atoms with Crippen molar-refractivity contribution >= 4 is 45.0 Å². The second-order valence-corrected chi connectivity index (χ2v) is 7.98. The number of para-hydroxylation sites is 1. The number of nitrogens with one attached hydrogen (secondary N) is 1. The highest BCUT2D eigenvalue weighted by atomic mass is 15.4. The van der Waals surface area contributed by atoms with Crippen molar-refractivity contribution in [3.63, 3.8) is 0 Å². The van der Waals surface area contributed by atoms with Gasteiger partial charge in [-0.25, -0.2) is 5.43 Å². The number of hydrazone groups is 1. The zero-order valence-electron chi connectivity index (χ0n) is 18.2. The Morgan fingerprint density at radius 1 is 0.875 bits per heavy atom. The van der Waals surface area contributed by atoms with Gasteiger partial charge in [0.15, 0.2) is 5.65 Å². The van der Waals surface area contributed by atoms with E-state index >= 15 is 0 Å². The van der Waals surface area contributed by atoms with Crippen LogP contribution in [0.4, 0.5) is 5.95 Å². The van der Waals surface area contributed by atoms with Crippen LogP contribution in [-0.2, 0) is 6.54 Å². The minimum Gasteiger partial charge on any atom is -0.324 e. The normalized spacial score (nSPS) is 11.8. The molecule has 5 aromatic rings. The summed E-state index contributed by atoms with van der Waals surface area (Å²) in [5, 5.41) is 16.6. The molecule has 6 heteroatoms. The molecule has 0 bridgehead atoms. The van der Waals surface area contributed by atoms with Gasteiger partial charge in [0.25, 0.3) is 5.95 Å². The average Bonchev–Trinajstić information content (AvgIpc) is 3.15. The van der Waals surface area contributed by atoms with E-state index < -0.39 is 0 Å². The van der Waals surface area contributed by atoms with Crippen molar-refractivity contribution < 1.29 is 0 Å². The number of hydrogen-bond donors (Lipinski definition) is 1. The zero-order chi connectivity index (χ0) is 21.8. The molecule has 0 spiro atoms. The summed E-state index contributed by atoms with van der Waals surface area (Å²) in [6.07, 6.45) is 6.60. The van der Waals surface area contributed by atoms with Gasteiger partial charge >= 0.3 is 0 Å². The van der Waals surface area contributed by atoms with E-state index in [4.69, 9.17) is 4.98 Å². The van der Waals surface area contributed by atoms with Crippen LogP contribution >= 0.6 is 0 Å². The second-order valence-electron chi connectivity index (χ2n) is 7.98. The third kappa shape index (κ3) is 3.91. The monoisotopic (exact) mass is 422 g/mol. The maximum absolute atomic E-state index is 4.77. The SMILES string of the molecule is CCCCCCn1c2ccccc2c2nnc(N/N=C/c3cccc4ccccc34)nc21. The highest BCUT2D eigenvalue weighted by molar-refractivity contribution is 6.04. The van der Waals surface area contributed by atoms with Gasteiger partial charge in [-0.15, -0.1) is 10.2 Å². The quantitative estimate of drug-likeness (QED) is 0.185. The summed E-state index contributed by atoms with van der Waals surface area (Å²) < 4.78 is 2.26. The lowest BCUT2D eigenvalue weighted by atomic mass is 10.1. The number of fused-ring (bicyclic) bond motifs is 4. The molecular weight excluding hydrogens is 396 g/mol. The Morgan fingerprint density at radius 3 is 2.59 bits per heavy atom. The molecule has 6 nitrogen and oxygen atoms in total. The smallest absolute Gasteiger partial charge is 0.265 e.